The van der Waals surface area contributed by atoms with Gasteiger partial charge in [0.15, 0.2) is 0 Å². The van der Waals surface area contributed by atoms with E-state index in [4.69, 9.17) is 9.63 Å². The van der Waals surface area contributed by atoms with Gasteiger partial charge in [0.25, 0.3) is 0 Å². The van der Waals surface area contributed by atoms with Crippen molar-refractivity contribution in [2.75, 3.05) is 0 Å². The number of rotatable bonds is 2. The molecule has 0 saturated carbocycles. The number of hydrogen-bond donors (Lipinski definition) is 1. The summed E-state index contributed by atoms with van der Waals surface area (Å²) in [6.07, 6.45) is 0. The van der Waals surface area contributed by atoms with Crippen LogP contribution >= 0.6 is 12.4 Å². The molecule has 0 radical (unpaired) electrons. The van der Waals surface area contributed by atoms with Crippen molar-refractivity contribution in [1.82, 2.24) is 5.16 Å². The van der Waals surface area contributed by atoms with Gasteiger partial charge in [0, 0.05) is 5.56 Å². The number of hydrogen-bond acceptors (Lipinski definition) is 3. The lowest BCUT2D eigenvalue weighted by Gasteiger charge is -1.97. The number of aryl methyl sites for hydroxylation is 1. The van der Waals surface area contributed by atoms with Gasteiger partial charge in [0.05, 0.1) is 0 Å². The summed E-state index contributed by atoms with van der Waals surface area (Å²) in [6, 6.07) is 5.40. The molecule has 0 saturated heterocycles. The van der Waals surface area contributed by atoms with E-state index in [9.17, 15) is 9.18 Å². The quantitative estimate of drug-likeness (QED) is 0.898. The van der Waals surface area contributed by atoms with E-state index in [2.05, 4.69) is 5.16 Å². The topological polar surface area (TPSA) is 63.3 Å². The molecule has 1 heterocycles. The van der Waals surface area contributed by atoms with Crippen molar-refractivity contribution in [3.05, 3.63) is 41.4 Å². The predicted molar refractivity (Wildman–Crippen MR) is 60.8 cm³/mol. The fourth-order valence-corrected chi connectivity index (χ4v) is 1.43. The van der Waals surface area contributed by atoms with Crippen LogP contribution in [0.3, 0.4) is 0 Å². The smallest absolute Gasteiger partial charge is 0.341 e. The lowest BCUT2D eigenvalue weighted by atomic mass is 10.1. The number of halogens is 2. The average molecular weight is 258 g/mol. The summed E-state index contributed by atoms with van der Waals surface area (Å²) in [6.45, 7) is 1.52. The molecule has 1 N–H and O–H groups in total. The van der Waals surface area contributed by atoms with E-state index in [0.717, 1.165) is 0 Å². The minimum Gasteiger partial charge on any atom is -0.477 e. The SMILES string of the molecule is Cc1onc(-c2ccc(F)cc2)c1C(=O)O.Cl. The fourth-order valence-electron chi connectivity index (χ4n) is 1.43. The molecule has 0 aliphatic rings. The summed E-state index contributed by atoms with van der Waals surface area (Å²) in [7, 11) is 0. The van der Waals surface area contributed by atoms with Crippen molar-refractivity contribution >= 4 is 18.4 Å². The van der Waals surface area contributed by atoms with Crippen LogP contribution < -0.4 is 0 Å². The van der Waals surface area contributed by atoms with Gasteiger partial charge in [-0.1, -0.05) is 5.16 Å². The van der Waals surface area contributed by atoms with Gasteiger partial charge in [-0.2, -0.15) is 0 Å². The van der Waals surface area contributed by atoms with E-state index < -0.39 is 5.97 Å². The molecular weight excluding hydrogens is 249 g/mol. The number of aromatic carboxylic acids is 1. The van der Waals surface area contributed by atoms with E-state index in [1.165, 1.54) is 31.2 Å². The third-order valence-corrected chi connectivity index (χ3v) is 2.19. The molecule has 2 aromatic rings. The van der Waals surface area contributed by atoms with E-state index in [0.29, 0.717) is 5.56 Å². The summed E-state index contributed by atoms with van der Waals surface area (Å²) in [5, 5.41) is 12.6. The molecule has 4 nitrogen and oxygen atoms in total. The molecule has 6 heteroatoms. The van der Waals surface area contributed by atoms with Crippen LogP contribution in [0.5, 0.6) is 0 Å². The Labute approximate surface area is 102 Å². The van der Waals surface area contributed by atoms with Gasteiger partial charge in [0.2, 0.25) is 0 Å². The van der Waals surface area contributed by atoms with Crippen LogP contribution in [-0.4, -0.2) is 16.2 Å². The van der Waals surface area contributed by atoms with Crippen LogP contribution in [0, 0.1) is 12.7 Å². The van der Waals surface area contributed by atoms with Gasteiger partial charge in [-0.05, 0) is 31.2 Å². The van der Waals surface area contributed by atoms with Gasteiger partial charge in [0.1, 0.15) is 22.8 Å². The Morgan fingerprint density at radius 2 is 1.94 bits per heavy atom. The van der Waals surface area contributed by atoms with Crippen molar-refractivity contribution in [2.45, 2.75) is 6.92 Å². The molecule has 0 amide bonds. The zero-order chi connectivity index (χ0) is 11.7. The van der Waals surface area contributed by atoms with Gasteiger partial charge in [-0.25, -0.2) is 9.18 Å². The molecule has 1 aromatic carbocycles. The Hall–Kier alpha value is -1.88. The lowest BCUT2D eigenvalue weighted by Crippen LogP contribution is -1.99. The van der Waals surface area contributed by atoms with Gasteiger partial charge in [-0.15, -0.1) is 12.4 Å². The minimum atomic E-state index is -1.11. The van der Waals surface area contributed by atoms with Crippen molar-refractivity contribution in [2.24, 2.45) is 0 Å². The third-order valence-electron chi connectivity index (χ3n) is 2.19. The second-order valence-corrected chi connectivity index (χ2v) is 3.27. The maximum atomic E-state index is 12.7. The second kappa shape index (κ2) is 4.97. The van der Waals surface area contributed by atoms with Crippen LogP contribution in [0.25, 0.3) is 11.3 Å². The first-order valence-corrected chi connectivity index (χ1v) is 4.55. The molecule has 0 fully saturated rings. The third kappa shape index (κ3) is 2.45. The molecule has 0 spiro atoms. The molecule has 2 rings (SSSR count). The average Bonchev–Trinajstić information content (AvgIpc) is 2.61. The largest absolute Gasteiger partial charge is 0.477 e. The predicted octanol–water partition coefficient (Wildman–Crippen LogP) is 2.91. The van der Waals surface area contributed by atoms with Gasteiger partial charge < -0.3 is 9.63 Å². The van der Waals surface area contributed by atoms with E-state index in [1.807, 2.05) is 0 Å². The molecule has 0 bridgehead atoms. The van der Waals surface area contributed by atoms with Crippen LogP contribution in [0.4, 0.5) is 4.39 Å². The van der Waals surface area contributed by atoms with Crippen molar-refractivity contribution in [3.8, 4) is 11.3 Å². The minimum absolute atomic E-state index is 0. The molecule has 0 atom stereocenters. The van der Waals surface area contributed by atoms with Crippen molar-refractivity contribution in [3.63, 3.8) is 0 Å². The van der Waals surface area contributed by atoms with Gasteiger partial charge >= 0.3 is 5.97 Å². The first-order valence-electron chi connectivity index (χ1n) is 4.55. The Morgan fingerprint density at radius 3 is 2.47 bits per heavy atom. The number of aromatic nitrogens is 1. The zero-order valence-corrected chi connectivity index (χ0v) is 9.62. The number of nitrogens with zero attached hydrogens (tertiary/aromatic N) is 1. The van der Waals surface area contributed by atoms with Crippen LogP contribution in [0.15, 0.2) is 28.8 Å². The maximum absolute atomic E-state index is 12.7. The monoisotopic (exact) mass is 257 g/mol. The van der Waals surface area contributed by atoms with Crippen molar-refractivity contribution in [1.29, 1.82) is 0 Å². The second-order valence-electron chi connectivity index (χ2n) is 3.27. The highest BCUT2D eigenvalue weighted by Crippen LogP contribution is 2.25. The highest BCUT2D eigenvalue weighted by molar-refractivity contribution is 5.95. The van der Waals surface area contributed by atoms with Crippen LogP contribution in [-0.2, 0) is 0 Å². The molecule has 0 unspecified atom stereocenters. The maximum Gasteiger partial charge on any atom is 0.341 e. The molecule has 17 heavy (non-hydrogen) atoms. The standard InChI is InChI=1S/C11H8FNO3.ClH/c1-6-9(11(14)15)10(13-16-6)7-2-4-8(12)5-3-7;/h2-5H,1H3,(H,14,15);1H. The summed E-state index contributed by atoms with van der Waals surface area (Å²) in [5.41, 5.74) is 0.729. The molecular formula is C11H9ClFNO3. The number of benzene rings is 1. The van der Waals surface area contributed by atoms with Crippen LogP contribution in [0.1, 0.15) is 16.1 Å². The summed E-state index contributed by atoms with van der Waals surface area (Å²) in [5.74, 6) is -1.27. The van der Waals surface area contributed by atoms with E-state index in [1.54, 1.807) is 0 Å². The highest BCUT2D eigenvalue weighted by atomic mass is 35.5. The zero-order valence-electron chi connectivity index (χ0n) is 8.81. The lowest BCUT2D eigenvalue weighted by molar-refractivity contribution is 0.0696. The van der Waals surface area contributed by atoms with E-state index in [-0.39, 0.29) is 35.2 Å². The Morgan fingerprint density at radius 1 is 1.35 bits per heavy atom. The summed E-state index contributed by atoms with van der Waals surface area (Å²) < 4.78 is 17.5. The first-order chi connectivity index (χ1) is 7.59. The Kier molecular flexibility index (Phi) is 3.85. The highest BCUT2D eigenvalue weighted by Gasteiger charge is 2.20. The summed E-state index contributed by atoms with van der Waals surface area (Å²) in [4.78, 5) is 11.0. The number of carbonyl (C=O) groups is 1. The van der Waals surface area contributed by atoms with Crippen LogP contribution in [0.2, 0.25) is 0 Å². The summed E-state index contributed by atoms with van der Waals surface area (Å²) >= 11 is 0. The van der Waals surface area contributed by atoms with Crippen molar-refractivity contribution < 1.29 is 18.8 Å². The normalized spacial score (nSPS) is 9.76. The van der Waals surface area contributed by atoms with Gasteiger partial charge in [-0.3, -0.25) is 0 Å². The molecule has 90 valence electrons. The van der Waals surface area contributed by atoms with E-state index >= 15 is 0 Å². The fraction of sp³-hybridized carbons (Fsp3) is 0.0909. The molecule has 0 aliphatic carbocycles. The molecule has 0 aliphatic heterocycles. The number of carboxylic acids is 1. The molecule has 1 aromatic heterocycles. The Bertz CT molecular complexity index is 536. The Balaban J connectivity index is 0.00000144. The number of carboxylic acid groups (broad SMARTS) is 1. The first kappa shape index (κ1) is 13.2.